The lowest BCUT2D eigenvalue weighted by molar-refractivity contribution is -0.170. The first kappa shape index (κ1) is 22.8. The van der Waals surface area contributed by atoms with Gasteiger partial charge in [-0.25, -0.2) is 13.8 Å². The number of halogens is 2. The van der Waals surface area contributed by atoms with E-state index in [0.29, 0.717) is 19.3 Å². The van der Waals surface area contributed by atoms with Crippen molar-refractivity contribution in [1.82, 2.24) is 14.9 Å². The first-order valence-electron chi connectivity index (χ1n) is 10.8. The Morgan fingerprint density at radius 3 is 2.64 bits per heavy atom. The van der Waals surface area contributed by atoms with Crippen molar-refractivity contribution in [1.29, 1.82) is 0 Å². The molecule has 2 amide bonds. The molecule has 0 bridgehead atoms. The predicted molar refractivity (Wildman–Crippen MR) is 119 cm³/mol. The van der Waals surface area contributed by atoms with Crippen LogP contribution >= 0.6 is 0 Å². The van der Waals surface area contributed by atoms with Crippen molar-refractivity contribution in [3.8, 4) is 0 Å². The number of benzene rings is 1. The number of hydrogen-bond donors (Lipinski definition) is 4. The first-order valence-corrected chi connectivity index (χ1v) is 10.8. The van der Waals surface area contributed by atoms with Gasteiger partial charge < -0.3 is 27.0 Å². The molecule has 0 spiro atoms. The Hall–Kier alpha value is -3.34. The molecule has 9 nitrogen and oxygen atoms in total. The van der Waals surface area contributed by atoms with Gasteiger partial charge in [0.05, 0.1) is 13.1 Å². The topological polar surface area (TPSA) is 139 Å². The minimum atomic E-state index is -2.78. The van der Waals surface area contributed by atoms with Crippen LogP contribution in [0.25, 0.3) is 0 Å². The molecule has 0 radical (unpaired) electrons. The summed E-state index contributed by atoms with van der Waals surface area (Å²) in [5, 5.41) is 6.28. The number of primary amides is 1. The average molecular weight is 460 g/mol. The predicted octanol–water partition coefficient (Wildman–Crippen LogP) is 2.01. The van der Waals surface area contributed by atoms with Gasteiger partial charge in [0, 0.05) is 29.9 Å². The third-order valence-corrected chi connectivity index (χ3v) is 6.05. The molecule has 1 aliphatic carbocycles. The Morgan fingerprint density at radius 2 is 2.00 bits per heavy atom. The van der Waals surface area contributed by atoms with Gasteiger partial charge >= 0.3 is 0 Å². The quantitative estimate of drug-likeness (QED) is 0.518. The lowest BCUT2D eigenvalue weighted by atomic mass is 9.81. The van der Waals surface area contributed by atoms with E-state index in [9.17, 15) is 18.4 Å². The second-order valence-electron chi connectivity index (χ2n) is 8.79. The summed E-state index contributed by atoms with van der Waals surface area (Å²) in [5.74, 6) is -3.55. The molecule has 3 atom stereocenters. The van der Waals surface area contributed by atoms with Crippen molar-refractivity contribution in [3.63, 3.8) is 0 Å². The molecule has 4 rings (SSSR count). The summed E-state index contributed by atoms with van der Waals surface area (Å²) >= 11 is 0. The molecule has 1 aliphatic heterocycles. The van der Waals surface area contributed by atoms with Gasteiger partial charge in [-0.05, 0) is 43.9 Å². The lowest BCUT2D eigenvalue weighted by Gasteiger charge is -2.42. The number of nitrogens with one attached hydrogen (secondary N) is 2. The van der Waals surface area contributed by atoms with Crippen LogP contribution in [0.4, 0.5) is 26.2 Å². The Morgan fingerprint density at radius 1 is 1.24 bits per heavy atom. The fourth-order valence-electron chi connectivity index (χ4n) is 4.29. The Bertz CT molecular complexity index is 1060. The van der Waals surface area contributed by atoms with Gasteiger partial charge in [0.25, 0.3) is 11.8 Å². The summed E-state index contributed by atoms with van der Waals surface area (Å²) in [4.78, 5) is 34.1. The molecule has 2 aliphatic rings. The molecule has 6 N–H and O–H groups in total. The number of amides is 2. The van der Waals surface area contributed by atoms with Crippen LogP contribution in [0.1, 0.15) is 35.2 Å². The van der Waals surface area contributed by atoms with Crippen LogP contribution in [0.2, 0.25) is 0 Å². The summed E-state index contributed by atoms with van der Waals surface area (Å²) < 4.78 is 26.2. The number of alkyl halides is 2. The number of likely N-dealkylation sites (tertiary alicyclic amines) is 1. The summed E-state index contributed by atoms with van der Waals surface area (Å²) in [7, 11) is 0. The monoisotopic (exact) mass is 459 g/mol. The lowest BCUT2D eigenvalue weighted by Crippen LogP contribution is -2.60. The second-order valence-corrected chi connectivity index (χ2v) is 8.79. The number of aryl methyl sites for hydroxylation is 1. The maximum absolute atomic E-state index is 13.1. The van der Waals surface area contributed by atoms with E-state index in [2.05, 4.69) is 20.6 Å². The molecule has 176 valence electrons. The molecular weight excluding hydrogens is 432 g/mol. The minimum Gasteiger partial charge on any atom is -0.365 e. The van der Waals surface area contributed by atoms with E-state index in [1.54, 1.807) is 0 Å². The normalized spacial score (nSPS) is 24.0. The zero-order chi connectivity index (χ0) is 23.8. The number of nitrogens with two attached hydrogens (primary N) is 2. The van der Waals surface area contributed by atoms with E-state index in [-0.39, 0.29) is 41.2 Å². The summed E-state index contributed by atoms with van der Waals surface area (Å²) in [6.45, 7) is 0.912. The van der Waals surface area contributed by atoms with E-state index in [1.165, 1.54) is 11.1 Å². The molecule has 33 heavy (non-hydrogen) atoms. The van der Waals surface area contributed by atoms with Crippen LogP contribution in [-0.2, 0) is 4.79 Å². The molecular formula is C22H27F2N7O2. The van der Waals surface area contributed by atoms with Crippen molar-refractivity contribution in [2.45, 2.75) is 44.2 Å². The highest BCUT2D eigenvalue weighted by atomic mass is 19.3. The summed E-state index contributed by atoms with van der Waals surface area (Å²) in [6, 6.07) is 6.97. The van der Waals surface area contributed by atoms with Crippen LogP contribution in [0.5, 0.6) is 0 Å². The van der Waals surface area contributed by atoms with Crippen LogP contribution in [0.3, 0.4) is 0 Å². The highest BCUT2D eigenvalue weighted by Gasteiger charge is 2.48. The summed E-state index contributed by atoms with van der Waals surface area (Å²) in [6.07, 6.45) is 2.82. The number of aromatic nitrogens is 2. The van der Waals surface area contributed by atoms with E-state index < -0.39 is 24.9 Å². The molecule has 1 saturated heterocycles. The van der Waals surface area contributed by atoms with Crippen molar-refractivity contribution in [2.24, 2.45) is 17.4 Å². The molecule has 2 heterocycles. The number of hydrogen-bond acceptors (Lipinski definition) is 7. The zero-order valence-corrected chi connectivity index (χ0v) is 18.2. The van der Waals surface area contributed by atoms with Crippen molar-refractivity contribution in [2.75, 3.05) is 23.7 Å². The maximum atomic E-state index is 13.1. The Labute approximate surface area is 189 Å². The Kier molecular flexibility index (Phi) is 6.15. The van der Waals surface area contributed by atoms with Crippen LogP contribution < -0.4 is 22.1 Å². The van der Waals surface area contributed by atoms with E-state index >= 15 is 0 Å². The van der Waals surface area contributed by atoms with Gasteiger partial charge in [-0.3, -0.25) is 9.59 Å². The van der Waals surface area contributed by atoms with Gasteiger partial charge in [0.1, 0.15) is 11.4 Å². The van der Waals surface area contributed by atoms with Crippen LogP contribution in [-0.4, -0.2) is 57.8 Å². The zero-order valence-electron chi connectivity index (χ0n) is 18.2. The van der Waals surface area contributed by atoms with Gasteiger partial charge in [-0.2, -0.15) is 4.98 Å². The van der Waals surface area contributed by atoms with Gasteiger partial charge in [-0.15, -0.1) is 0 Å². The summed E-state index contributed by atoms with van der Waals surface area (Å²) in [5.41, 5.74) is 13.7. The van der Waals surface area contributed by atoms with Crippen LogP contribution in [0, 0.1) is 12.8 Å². The maximum Gasteiger partial charge on any atom is 0.282 e. The Balaban J connectivity index is 1.42. The molecule has 1 aromatic heterocycles. The third-order valence-electron chi connectivity index (χ3n) is 6.05. The second kappa shape index (κ2) is 8.89. The van der Waals surface area contributed by atoms with E-state index in [4.69, 9.17) is 11.5 Å². The molecule has 2 aromatic rings. The highest BCUT2D eigenvalue weighted by molar-refractivity contribution is 5.98. The third kappa shape index (κ3) is 5.19. The molecule has 1 aromatic carbocycles. The van der Waals surface area contributed by atoms with Gasteiger partial charge in [0.2, 0.25) is 11.9 Å². The smallest absolute Gasteiger partial charge is 0.282 e. The highest BCUT2D eigenvalue weighted by Crippen LogP contribution is 2.33. The molecule has 2 fully saturated rings. The number of rotatable bonds is 6. The fraction of sp³-hybridized carbons (Fsp3) is 0.455. The number of anilines is 3. The van der Waals surface area contributed by atoms with E-state index in [0.717, 1.165) is 11.3 Å². The number of nitrogens with zero attached hydrogens (tertiary/aromatic N) is 3. The number of carbonyl (C=O) groups is 2. The van der Waals surface area contributed by atoms with E-state index in [1.807, 2.05) is 31.2 Å². The fourth-order valence-corrected chi connectivity index (χ4v) is 4.29. The van der Waals surface area contributed by atoms with Gasteiger partial charge in [-0.1, -0.05) is 12.1 Å². The largest absolute Gasteiger partial charge is 0.365 e. The van der Waals surface area contributed by atoms with Crippen molar-refractivity contribution < 1.29 is 18.4 Å². The van der Waals surface area contributed by atoms with Gasteiger partial charge in [0.15, 0.2) is 0 Å². The average Bonchev–Trinajstić information content (AvgIpc) is 2.73. The number of carbonyl (C=O) groups excluding carboxylic acids is 2. The van der Waals surface area contributed by atoms with Crippen molar-refractivity contribution >= 4 is 29.3 Å². The molecule has 11 heteroatoms. The van der Waals surface area contributed by atoms with Crippen LogP contribution in [0.15, 0.2) is 30.5 Å². The molecule has 1 saturated carbocycles. The first-order chi connectivity index (χ1) is 15.6. The van der Waals surface area contributed by atoms with Crippen molar-refractivity contribution in [3.05, 3.63) is 41.6 Å². The minimum absolute atomic E-state index is 0.145. The molecule has 0 unspecified atom stereocenters. The SMILES string of the molecule is Cc1cccc(Nc2nc(N[C@@H]3CC[C@@H](C(=O)N4CC(F)(F)C4)C[C@H]3N)ncc2C(N)=O)c1. The standard InChI is InChI=1S/C22H27F2N7O2/c1-12-3-2-4-14(7-12)28-19-15(18(26)32)9-27-21(30-19)29-17-6-5-13(8-16(17)25)20(33)31-10-22(23,24)11-31/h2-4,7,9,13,16-17H,5-6,8,10-11,25H2,1H3,(H2,26,32)(H2,27,28,29,30)/t13-,16-,17-/m1/s1.